The van der Waals surface area contributed by atoms with Gasteiger partial charge in [-0.3, -0.25) is 9.78 Å². The van der Waals surface area contributed by atoms with Crippen LogP contribution in [0.15, 0.2) is 23.7 Å². The summed E-state index contributed by atoms with van der Waals surface area (Å²) in [6.45, 7) is 4.89. The molecular formula is C18H23N3OS. The molecule has 0 saturated carbocycles. The summed E-state index contributed by atoms with van der Waals surface area (Å²) < 4.78 is 0. The molecule has 5 heteroatoms. The van der Waals surface area contributed by atoms with Gasteiger partial charge >= 0.3 is 0 Å². The SMILES string of the molecule is Cc1cc(CCC2CCCN2C(=O)Cc2csc(C)n2)ccn1. The van der Waals surface area contributed by atoms with E-state index >= 15 is 0 Å². The molecule has 1 fully saturated rings. The van der Waals surface area contributed by atoms with Gasteiger partial charge in [-0.1, -0.05) is 0 Å². The molecule has 1 atom stereocenters. The number of hydrogen-bond acceptors (Lipinski definition) is 4. The molecule has 1 amide bonds. The predicted octanol–water partition coefficient (Wildman–Crippen LogP) is 3.32. The topological polar surface area (TPSA) is 46.1 Å². The molecule has 1 unspecified atom stereocenters. The molecule has 122 valence electrons. The molecule has 0 radical (unpaired) electrons. The molecule has 0 N–H and O–H groups in total. The lowest BCUT2D eigenvalue weighted by atomic mass is 10.0. The van der Waals surface area contributed by atoms with E-state index in [0.29, 0.717) is 12.5 Å². The highest BCUT2D eigenvalue weighted by atomic mass is 32.1. The van der Waals surface area contributed by atoms with Gasteiger partial charge in [0.25, 0.3) is 0 Å². The minimum Gasteiger partial charge on any atom is -0.339 e. The van der Waals surface area contributed by atoms with Crippen LogP contribution in [-0.2, 0) is 17.6 Å². The van der Waals surface area contributed by atoms with Crippen molar-refractivity contribution in [3.8, 4) is 0 Å². The van der Waals surface area contributed by atoms with Gasteiger partial charge in [-0.15, -0.1) is 11.3 Å². The molecule has 23 heavy (non-hydrogen) atoms. The maximum atomic E-state index is 12.6. The van der Waals surface area contributed by atoms with Gasteiger partial charge in [-0.2, -0.15) is 0 Å². The van der Waals surface area contributed by atoms with Crippen molar-refractivity contribution >= 4 is 17.2 Å². The Bertz CT molecular complexity index is 682. The minimum absolute atomic E-state index is 0.226. The summed E-state index contributed by atoms with van der Waals surface area (Å²) in [4.78, 5) is 23.3. The second kappa shape index (κ2) is 7.21. The highest BCUT2D eigenvalue weighted by molar-refractivity contribution is 7.09. The predicted molar refractivity (Wildman–Crippen MR) is 92.6 cm³/mol. The van der Waals surface area contributed by atoms with Crippen molar-refractivity contribution in [2.75, 3.05) is 6.54 Å². The number of hydrogen-bond donors (Lipinski definition) is 0. The average Bonchev–Trinajstić information content (AvgIpc) is 3.14. The van der Waals surface area contributed by atoms with E-state index in [1.54, 1.807) is 11.3 Å². The zero-order chi connectivity index (χ0) is 16.2. The number of rotatable bonds is 5. The fourth-order valence-electron chi connectivity index (χ4n) is 3.30. The number of aromatic nitrogens is 2. The van der Waals surface area contributed by atoms with Crippen LogP contribution in [0.4, 0.5) is 0 Å². The fourth-order valence-corrected chi connectivity index (χ4v) is 3.92. The zero-order valence-corrected chi connectivity index (χ0v) is 14.6. The van der Waals surface area contributed by atoms with Crippen molar-refractivity contribution in [2.24, 2.45) is 0 Å². The Labute approximate surface area is 141 Å². The smallest absolute Gasteiger partial charge is 0.228 e. The lowest BCUT2D eigenvalue weighted by molar-refractivity contribution is -0.131. The van der Waals surface area contributed by atoms with Crippen LogP contribution in [0.1, 0.15) is 41.2 Å². The van der Waals surface area contributed by atoms with Crippen molar-refractivity contribution in [3.63, 3.8) is 0 Å². The van der Waals surface area contributed by atoms with Crippen LogP contribution in [-0.4, -0.2) is 33.4 Å². The van der Waals surface area contributed by atoms with Crippen molar-refractivity contribution in [3.05, 3.63) is 45.7 Å². The van der Waals surface area contributed by atoms with Crippen molar-refractivity contribution in [2.45, 2.75) is 52.0 Å². The number of likely N-dealkylation sites (tertiary alicyclic amines) is 1. The first kappa shape index (κ1) is 16.1. The molecule has 0 bridgehead atoms. The quantitative estimate of drug-likeness (QED) is 0.845. The highest BCUT2D eigenvalue weighted by Gasteiger charge is 2.28. The van der Waals surface area contributed by atoms with Crippen LogP contribution >= 0.6 is 11.3 Å². The standard InChI is InChI=1S/C18H23N3OS/c1-13-10-15(7-8-19-13)5-6-17-4-3-9-21(17)18(22)11-16-12-23-14(2)20-16/h7-8,10,12,17H,3-6,9,11H2,1-2H3. The van der Waals surface area contributed by atoms with Crippen LogP contribution in [0.25, 0.3) is 0 Å². The number of aryl methyl sites for hydroxylation is 3. The van der Waals surface area contributed by atoms with Crippen molar-refractivity contribution in [1.29, 1.82) is 0 Å². The zero-order valence-electron chi connectivity index (χ0n) is 13.8. The number of thiazole rings is 1. The van der Waals surface area contributed by atoms with Gasteiger partial charge in [-0.05, 0) is 57.2 Å². The third-order valence-corrected chi connectivity index (χ3v) is 5.25. The van der Waals surface area contributed by atoms with Crippen LogP contribution in [0, 0.1) is 13.8 Å². The molecule has 1 saturated heterocycles. The molecule has 3 heterocycles. The van der Waals surface area contributed by atoms with E-state index in [1.165, 1.54) is 5.56 Å². The second-order valence-electron chi connectivity index (χ2n) is 6.26. The summed E-state index contributed by atoms with van der Waals surface area (Å²) >= 11 is 1.61. The van der Waals surface area contributed by atoms with E-state index in [4.69, 9.17) is 0 Å². The maximum absolute atomic E-state index is 12.6. The van der Waals surface area contributed by atoms with Gasteiger partial charge in [0.1, 0.15) is 0 Å². The number of amides is 1. The Balaban J connectivity index is 1.57. The Morgan fingerprint density at radius 1 is 1.43 bits per heavy atom. The summed E-state index contributed by atoms with van der Waals surface area (Å²) in [5.74, 6) is 0.226. The molecule has 2 aromatic heterocycles. The Hall–Kier alpha value is -1.75. The van der Waals surface area contributed by atoms with Gasteiger partial charge < -0.3 is 4.90 Å². The first-order valence-corrected chi connectivity index (χ1v) is 9.12. The summed E-state index contributed by atoms with van der Waals surface area (Å²) in [7, 11) is 0. The fraction of sp³-hybridized carbons (Fsp3) is 0.500. The molecule has 0 spiro atoms. The first-order valence-electron chi connectivity index (χ1n) is 8.24. The highest BCUT2D eigenvalue weighted by Crippen LogP contribution is 2.23. The van der Waals surface area contributed by atoms with Gasteiger partial charge in [0.15, 0.2) is 0 Å². The summed E-state index contributed by atoms with van der Waals surface area (Å²) in [5.41, 5.74) is 3.28. The van der Waals surface area contributed by atoms with E-state index in [1.807, 2.05) is 25.4 Å². The Morgan fingerprint density at radius 3 is 3.04 bits per heavy atom. The molecule has 4 nitrogen and oxygen atoms in total. The van der Waals surface area contributed by atoms with E-state index in [2.05, 4.69) is 27.0 Å². The first-order chi connectivity index (χ1) is 11.1. The number of nitrogens with zero attached hydrogens (tertiary/aromatic N) is 3. The molecule has 0 aromatic carbocycles. The number of carbonyl (C=O) groups excluding carboxylic acids is 1. The number of pyridine rings is 1. The minimum atomic E-state index is 0.226. The number of carbonyl (C=O) groups is 1. The van der Waals surface area contributed by atoms with E-state index < -0.39 is 0 Å². The van der Waals surface area contributed by atoms with E-state index in [0.717, 1.165) is 48.6 Å². The molecular weight excluding hydrogens is 306 g/mol. The molecule has 2 aromatic rings. The lowest BCUT2D eigenvalue weighted by Gasteiger charge is -2.24. The van der Waals surface area contributed by atoms with Crippen molar-refractivity contribution < 1.29 is 4.79 Å². The van der Waals surface area contributed by atoms with Crippen molar-refractivity contribution in [1.82, 2.24) is 14.9 Å². The largest absolute Gasteiger partial charge is 0.339 e. The summed E-state index contributed by atoms with van der Waals surface area (Å²) in [6.07, 6.45) is 6.58. The monoisotopic (exact) mass is 329 g/mol. The van der Waals surface area contributed by atoms with Crippen LogP contribution in [0.2, 0.25) is 0 Å². The lowest BCUT2D eigenvalue weighted by Crippen LogP contribution is -2.36. The molecule has 1 aliphatic heterocycles. The third-order valence-electron chi connectivity index (χ3n) is 4.42. The normalized spacial score (nSPS) is 17.7. The van der Waals surface area contributed by atoms with Crippen LogP contribution < -0.4 is 0 Å². The van der Waals surface area contributed by atoms with Crippen LogP contribution in [0.5, 0.6) is 0 Å². The average molecular weight is 329 g/mol. The van der Waals surface area contributed by atoms with Gasteiger partial charge in [0.05, 0.1) is 17.1 Å². The van der Waals surface area contributed by atoms with E-state index in [9.17, 15) is 4.79 Å². The molecule has 1 aliphatic rings. The molecule has 3 rings (SSSR count). The van der Waals surface area contributed by atoms with Gasteiger partial charge in [-0.25, -0.2) is 4.98 Å². The summed E-state index contributed by atoms with van der Waals surface area (Å²) in [5, 5.41) is 3.02. The summed E-state index contributed by atoms with van der Waals surface area (Å²) in [6, 6.07) is 4.58. The molecule has 0 aliphatic carbocycles. The third kappa shape index (κ3) is 4.16. The van der Waals surface area contributed by atoms with Gasteiger partial charge in [0, 0.05) is 29.9 Å². The Kier molecular flexibility index (Phi) is 5.06. The maximum Gasteiger partial charge on any atom is 0.228 e. The second-order valence-corrected chi connectivity index (χ2v) is 7.32. The van der Waals surface area contributed by atoms with Gasteiger partial charge in [0.2, 0.25) is 5.91 Å². The Morgan fingerprint density at radius 2 is 2.30 bits per heavy atom. The van der Waals surface area contributed by atoms with Crippen LogP contribution in [0.3, 0.4) is 0 Å². The van der Waals surface area contributed by atoms with E-state index in [-0.39, 0.29) is 5.91 Å².